The zero-order valence-corrected chi connectivity index (χ0v) is 14.3. The normalized spacial score (nSPS) is 12.3. The van der Waals surface area contributed by atoms with E-state index in [1.165, 1.54) is 24.3 Å². The molecule has 5 nitrogen and oxygen atoms in total. The van der Waals surface area contributed by atoms with Crippen molar-refractivity contribution in [3.05, 3.63) is 65.5 Å². The zero-order chi connectivity index (χ0) is 18.9. The fraction of sp³-hybridized carbons (Fsp3) is 0.176. The van der Waals surface area contributed by atoms with E-state index in [1.54, 1.807) is 12.1 Å². The number of hydrogen-bond donors (Lipinski definition) is 0. The van der Waals surface area contributed by atoms with Crippen LogP contribution in [0.1, 0.15) is 17.0 Å². The van der Waals surface area contributed by atoms with Crippen LogP contribution in [0.15, 0.2) is 57.9 Å². The van der Waals surface area contributed by atoms with Crippen molar-refractivity contribution >= 4 is 9.84 Å². The zero-order valence-electron chi connectivity index (χ0n) is 13.5. The van der Waals surface area contributed by atoms with Gasteiger partial charge in [0.05, 0.1) is 10.5 Å². The smallest absolute Gasteiger partial charge is 0.338 e. The molecule has 0 amide bonds. The Kier molecular flexibility index (Phi) is 4.57. The van der Waals surface area contributed by atoms with Gasteiger partial charge in [-0.3, -0.25) is 0 Å². The molecular weight excluding hydrogens is 369 g/mol. The molecule has 0 aliphatic carbocycles. The molecule has 0 atom stereocenters. The van der Waals surface area contributed by atoms with Crippen molar-refractivity contribution in [3.8, 4) is 11.4 Å². The van der Waals surface area contributed by atoms with Gasteiger partial charge in [-0.2, -0.15) is 18.2 Å². The topological polar surface area (TPSA) is 73.1 Å². The summed E-state index contributed by atoms with van der Waals surface area (Å²) in [5.41, 5.74) is 0.143. The number of alkyl halides is 3. The van der Waals surface area contributed by atoms with Gasteiger partial charge in [-0.25, -0.2) is 8.42 Å². The minimum atomic E-state index is -4.50. The first-order chi connectivity index (χ1) is 12.1. The van der Waals surface area contributed by atoms with Gasteiger partial charge < -0.3 is 4.52 Å². The highest BCUT2D eigenvalue weighted by Crippen LogP contribution is 2.31. The third-order valence-electron chi connectivity index (χ3n) is 3.61. The number of benzene rings is 2. The Morgan fingerprint density at radius 3 is 2.42 bits per heavy atom. The Bertz CT molecular complexity index is 1030. The summed E-state index contributed by atoms with van der Waals surface area (Å²) >= 11 is 0. The lowest BCUT2D eigenvalue weighted by molar-refractivity contribution is -0.137. The third kappa shape index (κ3) is 3.93. The first-order valence-electron chi connectivity index (χ1n) is 7.45. The van der Waals surface area contributed by atoms with Gasteiger partial charge in [-0.15, -0.1) is 0 Å². The number of rotatable bonds is 4. The summed E-state index contributed by atoms with van der Waals surface area (Å²) < 4.78 is 68.0. The molecule has 0 aliphatic rings. The van der Waals surface area contributed by atoms with E-state index >= 15 is 0 Å². The maximum absolute atomic E-state index is 12.8. The summed E-state index contributed by atoms with van der Waals surface area (Å²) in [6.07, 6.45) is -4.50. The van der Waals surface area contributed by atoms with E-state index in [-0.39, 0.29) is 22.2 Å². The van der Waals surface area contributed by atoms with Gasteiger partial charge in [0.1, 0.15) is 5.75 Å². The molecule has 2 aromatic carbocycles. The van der Waals surface area contributed by atoms with Crippen molar-refractivity contribution in [1.82, 2.24) is 10.1 Å². The summed E-state index contributed by atoms with van der Waals surface area (Å²) in [6, 6.07) is 10.7. The van der Waals surface area contributed by atoms with Gasteiger partial charge in [0.25, 0.3) is 0 Å². The van der Waals surface area contributed by atoms with Gasteiger partial charge in [0.2, 0.25) is 11.7 Å². The number of halogens is 3. The molecule has 0 radical (unpaired) electrons. The molecule has 0 bridgehead atoms. The van der Waals surface area contributed by atoms with Crippen LogP contribution >= 0.6 is 0 Å². The highest BCUT2D eigenvalue weighted by molar-refractivity contribution is 7.90. The largest absolute Gasteiger partial charge is 0.416 e. The second kappa shape index (κ2) is 6.56. The molecule has 0 aliphatic heterocycles. The first kappa shape index (κ1) is 18.1. The molecule has 0 spiro atoms. The van der Waals surface area contributed by atoms with E-state index < -0.39 is 27.3 Å². The van der Waals surface area contributed by atoms with Gasteiger partial charge in [-0.05, 0) is 31.2 Å². The Balaban J connectivity index is 1.85. The Labute approximate surface area is 147 Å². The van der Waals surface area contributed by atoms with Crippen LogP contribution in [0.3, 0.4) is 0 Å². The van der Waals surface area contributed by atoms with Crippen LogP contribution in [0.25, 0.3) is 11.4 Å². The number of aryl methyl sites for hydroxylation is 1. The summed E-state index contributed by atoms with van der Waals surface area (Å²) in [4.78, 5) is 4.01. The van der Waals surface area contributed by atoms with E-state index in [0.717, 1.165) is 17.7 Å². The molecule has 1 heterocycles. The number of nitrogens with zero attached hydrogens (tertiary/aromatic N) is 2. The van der Waals surface area contributed by atoms with Crippen molar-refractivity contribution in [2.75, 3.05) is 0 Å². The molecule has 26 heavy (non-hydrogen) atoms. The molecule has 0 saturated carbocycles. The lowest BCUT2D eigenvalue weighted by Crippen LogP contribution is -2.05. The SMILES string of the molecule is Cc1ccc(S(=O)(=O)Cc2nc(-c3cccc(C(F)(F)F)c3)no2)cc1. The average Bonchev–Trinajstić information content (AvgIpc) is 3.02. The highest BCUT2D eigenvalue weighted by atomic mass is 32.2. The van der Waals surface area contributed by atoms with Gasteiger partial charge in [-0.1, -0.05) is 35.0 Å². The standard InChI is InChI=1S/C17H13F3N2O3S/c1-11-5-7-14(8-6-11)26(23,24)10-15-21-16(22-25-15)12-3-2-4-13(9-12)17(18,19)20/h2-9H,10H2,1H3. The van der Waals surface area contributed by atoms with Crippen molar-refractivity contribution in [3.63, 3.8) is 0 Å². The van der Waals surface area contributed by atoms with E-state index in [1.807, 2.05) is 6.92 Å². The quantitative estimate of drug-likeness (QED) is 0.681. The Morgan fingerprint density at radius 1 is 1.08 bits per heavy atom. The van der Waals surface area contributed by atoms with Crippen molar-refractivity contribution in [2.45, 2.75) is 23.7 Å². The van der Waals surface area contributed by atoms with Crippen LogP contribution in [-0.4, -0.2) is 18.6 Å². The minimum Gasteiger partial charge on any atom is -0.338 e. The van der Waals surface area contributed by atoms with Crippen LogP contribution in [0.5, 0.6) is 0 Å². The summed E-state index contributed by atoms with van der Waals surface area (Å²) in [7, 11) is -3.71. The number of sulfone groups is 1. The first-order valence-corrected chi connectivity index (χ1v) is 9.10. The van der Waals surface area contributed by atoms with Gasteiger partial charge in [0.15, 0.2) is 9.84 Å². The molecule has 136 valence electrons. The fourth-order valence-electron chi connectivity index (χ4n) is 2.26. The van der Waals surface area contributed by atoms with Crippen LogP contribution in [0.2, 0.25) is 0 Å². The Hall–Kier alpha value is -2.68. The Morgan fingerprint density at radius 2 is 1.77 bits per heavy atom. The predicted octanol–water partition coefficient (Wildman–Crippen LogP) is 4.04. The van der Waals surface area contributed by atoms with Gasteiger partial charge >= 0.3 is 6.18 Å². The van der Waals surface area contributed by atoms with E-state index in [2.05, 4.69) is 10.1 Å². The number of hydrogen-bond acceptors (Lipinski definition) is 5. The molecular formula is C17H13F3N2O3S. The fourth-order valence-corrected chi connectivity index (χ4v) is 3.42. The van der Waals surface area contributed by atoms with Crippen LogP contribution < -0.4 is 0 Å². The van der Waals surface area contributed by atoms with E-state index in [4.69, 9.17) is 4.52 Å². The molecule has 0 saturated heterocycles. The third-order valence-corrected chi connectivity index (χ3v) is 5.23. The maximum atomic E-state index is 12.8. The molecule has 0 unspecified atom stereocenters. The van der Waals surface area contributed by atoms with Crippen LogP contribution in [0, 0.1) is 6.92 Å². The van der Waals surface area contributed by atoms with Crippen molar-refractivity contribution < 1.29 is 26.1 Å². The van der Waals surface area contributed by atoms with Crippen LogP contribution in [0.4, 0.5) is 13.2 Å². The van der Waals surface area contributed by atoms with Crippen LogP contribution in [-0.2, 0) is 21.8 Å². The molecule has 3 rings (SSSR count). The van der Waals surface area contributed by atoms with E-state index in [9.17, 15) is 21.6 Å². The second-order valence-corrected chi connectivity index (χ2v) is 7.65. The average molecular weight is 382 g/mol. The molecule has 1 aromatic heterocycles. The maximum Gasteiger partial charge on any atom is 0.416 e. The summed E-state index contributed by atoms with van der Waals surface area (Å²) in [5, 5.41) is 3.58. The molecule has 0 N–H and O–H groups in total. The molecule has 0 fully saturated rings. The lowest BCUT2D eigenvalue weighted by atomic mass is 10.1. The van der Waals surface area contributed by atoms with E-state index in [0.29, 0.717) is 0 Å². The molecule has 9 heteroatoms. The summed E-state index contributed by atoms with van der Waals surface area (Å²) in [5.74, 6) is -0.842. The number of aromatic nitrogens is 2. The van der Waals surface area contributed by atoms with Gasteiger partial charge in [0, 0.05) is 5.56 Å². The minimum absolute atomic E-state index is 0.0857. The van der Waals surface area contributed by atoms with Crippen molar-refractivity contribution in [2.24, 2.45) is 0 Å². The predicted molar refractivity (Wildman–Crippen MR) is 86.8 cm³/mol. The highest BCUT2D eigenvalue weighted by Gasteiger charge is 2.31. The molecule has 3 aromatic rings. The monoisotopic (exact) mass is 382 g/mol. The van der Waals surface area contributed by atoms with Crippen molar-refractivity contribution in [1.29, 1.82) is 0 Å². The second-order valence-electron chi connectivity index (χ2n) is 5.66. The lowest BCUT2D eigenvalue weighted by Gasteiger charge is -2.06. The summed E-state index contributed by atoms with van der Waals surface area (Å²) in [6.45, 7) is 1.83.